The quantitative estimate of drug-likeness (QED) is 0.794. The number of hydrogen-bond acceptors (Lipinski definition) is 2. The van der Waals surface area contributed by atoms with Crippen molar-refractivity contribution in [3.63, 3.8) is 0 Å². The van der Waals surface area contributed by atoms with E-state index in [9.17, 15) is 13.2 Å². The highest BCUT2D eigenvalue weighted by atomic mass is 19.4. The van der Waals surface area contributed by atoms with Crippen molar-refractivity contribution >= 4 is 5.69 Å². The lowest BCUT2D eigenvalue weighted by Gasteiger charge is -2.02. The normalized spacial score (nSPS) is 10.7. The van der Waals surface area contributed by atoms with E-state index in [0.29, 0.717) is 11.4 Å². The van der Waals surface area contributed by atoms with Gasteiger partial charge in [-0.2, -0.15) is 18.3 Å². The number of nitrogen functional groups attached to an aromatic ring is 1. The first-order valence-corrected chi connectivity index (χ1v) is 5.44. The Morgan fingerprint density at radius 3 is 2.11 bits per heavy atom. The van der Waals surface area contributed by atoms with Crippen LogP contribution in [0, 0.1) is 0 Å². The molecule has 3 nitrogen and oxygen atoms in total. The van der Waals surface area contributed by atoms with Crippen molar-refractivity contribution in [1.29, 1.82) is 0 Å². The average molecular weight is 257 g/mol. The van der Waals surface area contributed by atoms with Crippen molar-refractivity contribution in [2.24, 2.45) is 0 Å². The van der Waals surface area contributed by atoms with Crippen LogP contribution in [0.4, 0.5) is 18.9 Å². The maximum atomic E-state index is 12.3. The summed E-state index contributed by atoms with van der Waals surface area (Å²) < 4.78 is 38.1. The number of nitrogens with two attached hydrogens (primary N) is 1. The fraction of sp³-hybridized carbons (Fsp3) is 0.250. The number of alkyl halides is 3. The average Bonchev–Trinajstić information content (AvgIpc) is 2.82. The van der Waals surface area contributed by atoms with Gasteiger partial charge in [-0.3, -0.25) is 0 Å². The zero-order valence-electron chi connectivity index (χ0n) is 10.1. The number of hydrogen-bond donors (Lipinski definition) is 1. The first-order valence-electron chi connectivity index (χ1n) is 5.44. The minimum Gasteiger partial charge on any atom is -0.399 e. The van der Waals surface area contributed by atoms with Gasteiger partial charge in [-0.05, 0) is 24.3 Å². The summed E-state index contributed by atoms with van der Waals surface area (Å²) in [6, 6.07) is 6.40. The molecule has 0 aliphatic carbocycles. The van der Waals surface area contributed by atoms with Crippen LogP contribution in [0.2, 0.25) is 0 Å². The van der Waals surface area contributed by atoms with Crippen molar-refractivity contribution in [2.75, 3.05) is 5.73 Å². The number of aromatic nitrogens is 2. The number of halogens is 3. The second-order valence-corrected chi connectivity index (χ2v) is 3.26. The van der Waals surface area contributed by atoms with Crippen LogP contribution in [0.15, 0.2) is 36.7 Å². The minimum absolute atomic E-state index is 0.532. The molecule has 0 amide bonds. The standard InChI is InChI=1S/C10H8F3N3.C2H6/c11-10(12,13)7-5-15-16(6-7)9-3-1-8(14)2-4-9;1-2/h1-6H,14H2;1-2H3. The molecule has 0 spiro atoms. The number of nitrogens with zero attached hydrogens (tertiary/aromatic N) is 2. The molecule has 2 aromatic rings. The molecule has 0 unspecified atom stereocenters. The SMILES string of the molecule is CC.Nc1ccc(-n2cc(C(F)(F)F)cn2)cc1. The van der Waals surface area contributed by atoms with Gasteiger partial charge < -0.3 is 5.73 Å². The van der Waals surface area contributed by atoms with Gasteiger partial charge in [-0.15, -0.1) is 0 Å². The molecule has 2 N–H and O–H groups in total. The Hall–Kier alpha value is -1.98. The third-order valence-electron chi connectivity index (χ3n) is 2.07. The van der Waals surface area contributed by atoms with E-state index in [2.05, 4.69) is 5.10 Å². The fourth-order valence-corrected chi connectivity index (χ4v) is 1.24. The lowest BCUT2D eigenvalue weighted by Crippen LogP contribution is -2.03. The molecule has 0 fully saturated rings. The summed E-state index contributed by atoms with van der Waals surface area (Å²) in [6.45, 7) is 4.00. The molecule has 0 atom stereocenters. The van der Waals surface area contributed by atoms with Gasteiger partial charge in [0.05, 0.1) is 17.4 Å². The van der Waals surface area contributed by atoms with Crippen LogP contribution < -0.4 is 5.73 Å². The first kappa shape index (κ1) is 14.1. The summed E-state index contributed by atoms with van der Waals surface area (Å²) in [5.41, 5.74) is 5.78. The molecule has 1 heterocycles. The van der Waals surface area contributed by atoms with Gasteiger partial charge in [-0.1, -0.05) is 13.8 Å². The Bertz CT molecular complexity index is 486. The largest absolute Gasteiger partial charge is 0.419 e. The van der Waals surface area contributed by atoms with Crippen LogP contribution >= 0.6 is 0 Å². The molecule has 6 heteroatoms. The highest BCUT2D eigenvalue weighted by Gasteiger charge is 2.32. The monoisotopic (exact) mass is 257 g/mol. The van der Waals surface area contributed by atoms with Crippen molar-refractivity contribution in [2.45, 2.75) is 20.0 Å². The second kappa shape index (κ2) is 5.57. The highest BCUT2D eigenvalue weighted by molar-refractivity contribution is 5.44. The van der Waals surface area contributed by atoms with Gasteiger partial charge in [0.15, 0.2) is 0 Å². The summed E-state index contributed by atoms with van der Waals surface area (Å²) >= 11 is 0. The summed E-state index contributed by atoms with van der Waals surface area (Å²) in [5.74, 6) is 0. The molecule has 98 valence electrons. The predicted molar refractivity (Wildman–Crippen MR) is 64.3 cm³/mol. The second-order valence-electron chi connectivity index (χ2n) is 3.26. The fourth-order valence-electron chi connectivity index (χ4n) is 1.24. The molecule has 0 saturated carbocycles. The molecule has 0 saturated heterocycles. The number of benzene rings is 1. The van der Waals surface area contributed by atoms with E-state index < -0.39 is 11.7 Å². The van der Waals surface area contributed by atoms with Crippen LogP contribution in [0.25, 0.3) is 5.69 Å². The Morgan fingerprint density at radius 1 is 1.11 bits per heavy atom. The van der Waals surface area contributed by atoms with Crippen molar-refractivity contribution < 1.29 is 13.2 Å². The van der Waals surface area contributed by atoms with E-state index in [4.69, 9.17) is 5.73 Å². The van der Waals surface area contributed by atoms with Gasteiger partial charge in [0, 0.05) is 11.9 Å². The third kappa shape index (κ3) is 3.26. The van der Waals surface area contributed by atoms with Crippen LogP contribution in [0.1, 0.15) is 19.4 Å². The van der Waals surface area contributed by atoms with Crippen LogP contribution in [-0.2, 0) is 6.18 Å². The Labute approximate surface area is 103 Å². The molecule has 0 aliphatic rings. The molecule has 0 bridgehead atoms. The summed E-state index contributed by atoms with van der Waals surface area (Å²) in [7, 11) is 0. The molecule has 0 radical (unpaired) electrons. The summed E-state index contributed by atoms with van der Waals surface area (Å²) in [5, 5.41) is 3.64. The van der Waals surface area contributed by atoms with Gasteiger partial charge >= 0.3 is 6.18 Å². The van der Waals surface area contributed by atoms with Gasteiger partial charge in [0.1, 0.15) is 0 Å². The van der Waals surface area contributed by atoms with Gasteiger partial charge in [-0.25, -0.2) is 4.68 Å². The van der Waals surface area contributed by atoms with E-state index >= 15 is 0 Å². The van der Waals surface area contributed by atoms with E-state index in [1.54, 1.807) is 24.3 Å². The Kier molecular flexibility index (Phi) is 4.36. The van der Waals surface area contributed by atoms with E-state index in [1.807, 2.05) is 13.8 Å². The van der Waals surface area contributed by atoms with E-state index in [-0.39, 0.29) is 0 Å². The molecular formula is C12H14F3N3. The summed E-state index contributed by atoms with van der Waals surface area (Å²) in [6.07, 6.45) is -2.64. The first-order chi connectivity index (χ1) is 8.47. The molecular weight excluding hydrogens is 243 g/mol. The topological polar surface area (TPSA) is 43.8 Å². The Balaban J connectivity index is 0.000000771. The highest BCUT2D eigenvalue weighted by Crippen LogP contribution is 2.29. The van der Waals surface area contributed by atoms with Crippen LogP contribution in [0.3, 0.4) is 0 Å². The van der Waals surface area contributed by atoms with Crippen LogP contribution in [0.5, 0.6) is 0 Å². The number of anilines is 1. The lowest BCUT2D eigenvalue weighted by atomic mass is 10.3. The maximum absolute atomic E-state index is 12.3. The Morgan fingerprint density at radius 2 is 1.67 bits per heavy atom. The molecule has 18 heavy (non-hydrogen) atoms. The number of rotatable bonds is 1. The third-order valence-corrected chi connectivity index (χ3v) is 2.07. The lowest BCUT2D eigenvalue weighted by molar-refractivity contribution is -0.137. The molecule has 1 aromatic heterocycles. The zero-order chi connectivity index (χ0) is 13.8. The van der Waals surface area contributed by atoms with Crippen molar-refractivity contribution in [1.82, 2.24) is 9.78 Å². The minimum atomic E-state index is -4.37. The van der Waals surface area contributed by atoms with Gasteiger partial charge in [0.2, 0.25) is 0 Å². The van der Waals surface area contributed by atoms with E-state index in [1.165, 1.54) is 0 Å². The van der Waals surface area contributed by atoms with Gasteiger partial charge in [0.25, 0.3) is 0 Å². The van der Waals surface area contributed by atoms with Crippen molar-refractivity contribution in [3.8, 4) is 5.69 Å². The smallest absolute Gasteiger partial charge is 0.399 e. The van der Waals surface area contributed by atoms with Crippen molar-refractivity contribution in [3.05, 3.63) is 42.2 Å². The zero-order valence-corrected chi connectivity index (χ0v) is 10.1. The van der Waals surface area contributed by atoms with Crippen LogP contribution in [-0.4, -0.2) is 9.78 Å². The van der Waals surface area contributed by atoms with E-state index in [0.717, 1.165) is 17.1 Å². The maximum Gasteiger partial charge on any atom is 0.419 e. The molecule has 1 aromatic carbocycles. The molecule has 0 aliphatic heterocycles. The molecule has 2 rings (SSSR count). The summed E-state index contributed by atoms with van der Waals surface area (Å²) in [4.78, 5) is 0. The predicted octanol–water partition coefficient (Wildman–Crippen LogP) is 3.50.